The minimum absolute atomic E-state index is 0.0278. The van der Waals surface area contributed by atoms with E-state index in [2.05, 4.69) is 0 Å². The van der Waals surface area contributed by atoms with E-state index in [1.807, 2.05) is 52.0 Å². The molecule has 1 fully saturated rings. The number of hydrogen-bond acceptors (Lipinski definition) is 3. The molecule has 2 aromatic carbocycles. The lowest BCUT2D eigenvalue weighted by Gasteiger charge is -2.47. The van der Waals surface area contributed by atoms with E-state index in [0.29, 0.717) is 37.6 Å². The molecule has 0 aliphatic carbocycles. The lowest BCUT2D eigenvalue weighted by molar-refractivity contribution is -0.0545. The predicted octanol–water partition coefficient (Wildman–Crippen LogP) is 5.47. The average Bonchev–Trinajstić information content (AvgIpc) is 2.74. The van der Waals surface area contributed by atoms with Crippen molar-refractivity contribution in [1.82, 2.24) is 0 Å². The molecule has 154 valence electrons. The maximum absolute atomic E-state index is 14.2. The Kier molecular flexibility index (Phi) is 8.29. The maximum Gasteiger partial charge on any atom is 0.130 e. The molecule has 3 nitrogen and oxygen atoms in total. The van der Waals surface area contributed by atoms with Gasteiger partial charge in [0.05, 0.1) is 19.8 Å². The van der Waals surface area contributed by atoms with Gasteiger partial charge in [-0.1, -0.05) is 49.2 Å². The number of benzene rings is 2. The summed E-state index contributed by atoms with van der Waals surface area (Å²) in [5, 5.41) is 10.7. The summed E-state index contributed by atoms with van der Waals surface area (Å²) in [5.74, 6) is 0.360. The minimum atomic E-state index is -0.540. The highest BCUT2D eigenvalue weighted by atomic mass is 35.5. The number of hydrogen-bond donors (Lipinski definition) is 1. The van der Waals surface area contributed by atoms with Crippen molar-refractivity contribution in [2.24, 2.45) is 5.92 Å². The summed E-state index contributed by atoms with van der Waals surface area (Å²) in [6.07, 6.45) is 0.644. The van der Waals surface area contributed by atoms with Crippen LogP contribution in [0.15, 0.2) is 36.4 Å². The van der Waals surface area contributed by atoms with Gasteiger partial charge in [0.1, 0.15) is 11.6 Å². The van der Waals surface area contributed by atoms with Crippen LogP contribution in [-0.2, 0) is 10.2 Å². The van der Waals surface area contributed by atoms with Crippen LogP contribution in [0.2, 0.25) is 5.02 Å². The van der Waals surface area contributed by atoms with Gasteiger partial charge >= 0.3 is 0 Å². The SMILES string of the molecule is CC.Cc1ccc(Cl)cc1.Cc1ccc(F)c2c1OCC1COCCC21CO. The van der Waals surface area contributed by atoms with Crippen LogP contribution in [0.1, 0.15) is 37.0 Å². The van der Waals surface area contributed by atoms with Gasteiger partial charge in [-0.25, -0.2) is 4.39 Å². The summed E-state index contributed by atoms with van der Waals surface area (Å²) in [5.41, 5.74) is 2.17. The number of fused-ring (bicyclic) bond motifs is 3. The molecule has 2 aliphatic rings. The molecular formula is C23H30ClFO3. The van der Waals surface area contributed by atoms with Crippen LogP contribution in [0.25, 0.3) is 0 Å². The van der Waals surface area contributed by atoms with Crippen molar-refractivity contribution in [2.75, 3.05) is 26.4 Å². The molecule has 2 aliphatic heterocycles. The summed E-state index contributed by atoms with van der Waals surface area (Å²) in [4.78, 5) is 0. The molecule has 2 atom stereocenters. The number of ether oxygens (including phenoxy) is 2. The number of aliphatic hydroxyl groups is 1. The van der Waals surface area contributed by atoms with Crippen LogP contribution in [0.3, 0.4) is 0 Å². The lowest BCUT2D eigenvalue weighted by Crippen LogP contribution is -2.51. The minimum Gasteiger partial charge on any atom is -0.492 e. The Morgan fingerprint density at radius 2 is 1.79 bits per heavy atom. The first-order chi connectivity index (χ1) is 13.5. The molecule has 5 heteroatoms. The normalized spacial score (nSPS) is 22.3. The van der Waals surface area contributed by atoms with Gasteiger partial charge in [-0.05, 0) is 44.0 Å². The molecule has 2 heterocycles. The van der Waals surface area contributed by atoms with Crippen molar-refractivity contribution >= 4 is 11.6 Å². The van der Waals surface area contributed by atoms with E-state index < -0.39 is 5.41 Å². The monoisotopic (exact) mass is 408 g/mol. The van der Waals surface area contributed by atoms with Gasteiger partial charge in [0, 0.05) is 28.5 Å². The number of rotatable bonds is 1. The van der Waals surface area contributed by atoms with E-state index >= 15 is 0 Å². The summed E-state index contributed by atoms with van der Waals surface area (Å²) >= 11 is 5.61. The fourth-order valence-electron chi connectivity index (χ4n) is 3.70. The first-order valence-corrected chi connectivity index (χ1v) is 10.2. The Hall–Kier alpha value is -1.62. The van der Waals surface area contributed by atoms with E-state index in [1.165, 1.54) is 11.6 Å². The largest absolute Gasteiger partial charge is 0.492 e. The Morgan fingerprint density at radius 3 is 2.39 bits per heavy atom. The second kappa shape index (κ2) is 10.2. The zero-order valence-electron chi connectivity index (χ0n) is 17.1. The Labute approximate surface area is 172 Å². The van der Waals surface area contributed by atoms with E-state index in [9.17, 15) is 9.50 Å². The van der Waals surface area contributed by atoms with Crippen molar-refractivity contribution in [3.63, 3.8) is 0 Å². The highest BCUT2D eigenvalue weighted by molar-refractivity contribution is 6.30. The molecule has 4 rings (SSSR count). The number of aryl methyl sites for hydroxylation is 2. The van der Waals surface area contributed by atoms with Gasteiger partial charge < -0.3 is 14.6 Å². The molecular weight excluding hydrogens is 379 g/mol. The Morgan fingerprint density at radius 1 is 1.11 bits per heavy atom. The standard InChI is InChI=1S/C14H17FO3.C7H7Cl.C2H6/c1-9-2-3-11(15)12-13(9)18-7-10-6-17-5-4-14(10,12)8-16;1-6-2-4-7(8)5-3-6;1-2/h2-3,10,16H,4-8H2,1H3;2-5H,1H3;1-2H3. The van der Waals surface area contributed by atoms with E-state index in [4.69, 9.17) is 21.1 Å². The topological polar surface area (TPSA) is 38.7 Å². The first-order valence-electron chi connectivity index (χ1n) is 9.81. The summed E-state index contributed by atoms with van der Waals surface area (Å²) in [7, 11) is 0. The van der Waals surface area contributed by atoms with Gasteiger partial charge in [-0.3, -0.25) is 0 Å². The average molecular weight is 409 g/mol. The van der Waals surface area contributed by atoms with E-state index in [-0.39, 0.29) is 18.3 Å². The third kappa shape index (κ3) is 4.68. The fourth-order valence-corrected chi connectivity index (χ4v) is 3.82. The molecule has 0 spiro atoms. The number of halogens is 2. The van der Waals surface area contributed by atoms with Crippen LogP contribution < -0.4 is 4.74 Å². The fraction of sp³-hybridized carbons (Fsp3) is 0.478. The van der Waals surface area contributed by atoms with Crippen molar-refractivity contribution in [2.45, 2.75) is 39.5 Å². The Bertz CT molecular complexity index is 742. The zero-order chi connectivity index (χ0) is 20.7. The van der Waals surface area contributed by atoms with Gasteiger partial charge in [0.15, 0.2) is 0 Å². The molecule has 0 bridgehead atoms. The van der Waals surface area contributed by atoms with Crippen LogP contribution in [-0.4, -0.2) is 31.5 Å². The predicted molar refractivity (Wildman–Crippen MR) is 112 cm³/mol. The van der Waals surface area contributed by atoms with Crippen molar-refractivity contribution in [3.05, 3.63) is 63.9 Å². The molecule has 0 amide bonds. The first kappa shape index (κ1) is 22.7. The summed E-state index contributed by atoms with van der Waals surface area (Å²) in [6.45, 7) is 9.45. The maximum atomic E-state index is 14.2. The highest BCUT2D eigenvalue weighted by Gasteiger charge is 2.49. The van der Waals surface area contributed by atoms with Crippen LogP contribution in [0.4, 0.5) is 4.39 Å². The third-order valence-electron chi connectivity index (χ3n) is 5.32. The van der Waals surface area contributed by atoms with Crippen molar-refractivity contribution < 1.29 is 19.0 Å². The van der Waals surface area contributed by atoms with E-state index in [0.717, 1.165) is 10.6 Å². The van der Waals surface area contributed by atoms with Crippen LogP contribution in [0, 0.1) is 25.6 Å². The third-order valence-corrected chi connectivity index (χ3v) is 5.57. The molecule has 28 heavy (non-hydrogen) atoms. The lowest BCUT2D eigenvalue weighted by atomic mass is 9.66. The molecule has 1 N–H and O–H groups in total. The van der Waals surface area contributed by atoms with Crippen LogP contribution >= 0.6 is 11.6 Å². The van der Waals surface area contributed by atoms with Crippen molar-refractivity contribution in [1.29, 1.82) is 0 Å². The van der Waals surface area contributed by atoms with E-state index in [1.54, 1.807) is 6.07 Å². The molecule has 2 aromatic rings. The highest BCUT2D eigenvalue weighted by Crippen LogP contribution is 2.48. The summed E-state index contributed by atoms with van der Waals surface area (Å²) < 4.78 is 25.4. The molecule has 0 radical (unpaired) electrons. The quantitative estimate of drug-likeness (QED) is 0.680. The molecule has 1 saturated heterocycles. The smallest absolute Gasteiger partial charge is 0.130 e. The molecule has 2 unspecified atom stereocenters. The van der Waals surface area contributed by atoms with Crippen molar-refractivity contribution in [3.8, 4) is 5.75 Å². The Balaban J connectivity index is 0.000000236. The zero-order valence-corrected chi connectivity index (χ0v) is 17.9. The summed E-state index contributed by atoms with van der Waals surface area (Å²) in [6, 6.07) is 10.9. The van der Waals surface area contributed by atoms with Crippen LogP contribution in [0.5, 0.6) is 5.75 Å². The van der Waals surface area contributed by atoms with Gasteiger partial charge in [-0.2, -0.15) is 0 Å². The van der Waals surface area contributed by atoms with Gasteiger partial charge in [0.2, 0.25) is 0 Å². The molecule has 0 aromatic heterocycles. The number of aliphatic hydroxyl groups excluding tert-OH is 1. The molecule has 0 saturated carbocycles. The second-order valence-electron chi connectivity index (χ2n) is 7.01. The van der Waals surface area contributed by atoms with Gasteiger partial charge in [0.25, 0.3) is 0 Å². The second-order valence-corrected chi connectivity index (χ2v) is 7.45. The van der Waals surface area contributed by atoms with Gasteiger partial charge in [-0.15, -0.1) is 0 Å².